The number of aromatic nitrogens is 3. The van der Waals surface area contributed by atoms with Crippen LogP contribution in [0.3, 0.4) is 0 Å². The summed E-state index contributed by atoms with van der Waals surface area (Å²) in [5, 5.41) is 20.5. The zero-order valence-electron chi connectivity index (χ0n) is 17.2. The highest BCUT2D eigenvalue weighted by molar-refractivity contribution is 7.66. The number of aliphatic hydroxyl groups excluding tert-OH is 1. The van der Waals surface area contributed by atoms with Gasteiger partial charge >= 0.3 is 23.5 Å². The molecule has 0 spiro atoms. The van der Waals surface area contributed by atoms with Gasteiger partial charge < -0.3 is 39.5 Å². The van der Waals surface area contributed by atoms with Crippen LogP contribution in [0.15, 0.2) is 11.0 Å². The second kappa shape index (κ2) is 9.46. The lowest BCUT2D eigenvalue weighted by Crippen LogP contribution is -2.49. The summed E-state index contributed by atoms with van der Waals surface area (Å²) in [6.07, 6.45) is -5.42. The van der Waals surface area contributed by atoms with Gasteiger partial charge in [-0.05, 0) is 6.92 Å². The Bertz CT molecular complexity index is 1330. The lowest BCUT2D eigenvalue weighted by Gasteiger charge is -2.28. The summed E-state index contributed by atoms with van der Waals surface area (Å²) in [5.74, 6) is -1.13. The minimum atomic E-state index is -5.84. The van der Waals surface area contributed by atoms with Crippen molar-refractivity contribution in [2.45, 2.75) is 31.0 Å². The molecule has 2 aromatic heterocycles. The summed E-state index contributed by atoms with van der Waals surface area (Å²) in [6, 6.07) is 0. The summed E-state index contributed by atoms with van der Waals surface area (Å²) >= 11 is 0. The third-order valence-electron chi connectivity index (χ3n) is 4.63. The molecule has 1 aliphatic heterocycles. The monoisotopic (exact) mass is 571 g/mol. The molecule has 0 amide bonds. The van der Waals surface area contributed by atoms with E-state index >= 15 is 0 Å². The number of H-pyrrole nitrogens is 1. The van der Waals surface area contributed by atoms with Crippen LogP contribution in [0.1, 0.15) is 12.1 Å². The average molecular weight is 571 g/mol. The van der Waals surface area contributed by atoms with Crippen LogP contribution in [0, 0.1) is 12.7 Å². The Labute approximate surface area is 192 Å². The van der Waals surface area contributed by atoms with Gasteiger partial charge in [-0.2, -0.15) is 8.62 Å². The first kappa shape index (κ1) is 28.1. The van der Waals surface area contributed by atoms with E-state index in [0.29, 0.717) is 10.8 Å². The fourth-order valence-corrected chi connectivity index (χ4v) is 6.31. The van der Waals surface area contributed by atoms with Crippen molar-refractivity contribution in [2.75, 3.05) is 13.3 Å². The summed E-state index contributed by atoms with van der Waals surface area (Å²) in [7, 11) is -17.1. The van der Waals surface area contributed by atoms with Gasteiger partial charge in [0.1, 0.15) is 30.1 Å². The number of nitrogens with one attached hydrogen (secondary N) is 1. The molecule has 0 saturated carbocycles. The molecule has 0 radical (unpaired) electrons. The zero-order chi connectivity index (χ0) is 26.6. The average Bonchev–Trinajstić information content (AvgIpc) is 3.12. The second-order valence-electron chi connectivity index (χ2n) is 7.22. The second-order valence-corrected chi connectivity index (χ2v) is 11.6. The van der Waals surface area contributed by atoms with Gasteiger partial charge in [0.05, 0.1) is 6.61 Å². The Morgan fingerprint density at radius 2 is 1.86 bits per heavy atom. The van der Waals surface area contributed by atoms with Gasteiger partial charge in [-0.25, -0.2) is 27.5 Å². The summed E-state index contributed by atoms with van der Waals surface area (Å²) in [4.78, 5) is 53.9. The lowest BCUT2D eigenvalue weighted by molar-refractivity contribution is -0.118. The quantitative estimate of drug-likeness (QED) is 0.187. The van der Waals surface area contributed by atoms with Crippen LogP contribution in [0.5, 0.6) is 0 Å². The molecule has 198 valence electrons. The summed E-state index contributed by atoms with van der Waals surface area (Å²) < 4.78 is 79.5. The van der Waals surface area contributed by atoms with Crippen molar-refractivity contribution in [3.63, 3.8) is 0 Å². The van der Waals surface area contributed by atoms with Gasteiger partial charge in [0.2, 0.25) is 0 Å². The van der Waals surface area contributed by atoms with Crippen molar-refractivity contribution in [1.82, 2.24) is 14.5 Å². The molecule has 35 heavy (non-hydrogen) atoms. The highest BCUT2D eigenvalue weighted by Crippen LogP contribution is 2.66. The van der Waals surface area contributed by atoms with Crippen LogP contribution < -0.4 is 5.56 Å². The summed E-state index contributed by atoms with van der Waals surface area (Å²) in [6.45, 7) is -1.61. The van der Waals surface area contributed by atoms with Crippen molar-refractivity contribution in [2.24, 2.45) is 0 Å². The number of fused-ring (bicyclic) bond motifs is 1. The molecule has 2 aromatic rings. The molecular formula is C13H18F2N3O14P3. The van der Waals surface area contributed by atoms with Crippen molar-refractivity contribution >= 4 is 34.5 Å². The number of rotatable bonds is 9. The molecule has 1 aliphatic rings. The number of aliphatic hydroxyl groups is 2. The first-order valence-electron chi connectivity index (χ1n) is 9.06. The Morgan fingerprint density at radius 1 is 1.23 bits per heavy atom. The maximum absolute atomic E-state index is 14.4. The number of phosphoric acid groups is 3. The van der Waals surface area contributed by atoms with Crippen molar-refractivity contribution in [1.29, 1.82) is 0 Å². The predicted molar refractivity (Wildman–Crippen MR) is 106 cm³/mol. The molecule has 22 heteroatoms. The van der Waals surface area contributed by atoms with Gasteiger partial charge in [0, 0.05) is 6.20 Å². The molecule has 7 N–H and O–H groups in total. The third-order valence-corrected chi connectivity index (χ3v) is 8.44. The number of phosphoric ester groups is 1. The first-order valence-corrected chi connectivity index (χ1v) is 13.6. The number of hydrogen-bond donors (Lipinski definition) is 7. The first-order chi connectivity index (χ1) is 15.9. The van der Waals surface area contributed by atoms with Crippen LogP contribution in [0.2, 0.25) is 0 Å². The predicted octanol–water partition coefficient (Wildman–Crippen LogP) is -0.526. The standard InChI is InChI=1S/C13H18F2N3O14P3/c1-5-16-10-8(11(20)17-5)6(15)2-18(10)12-13(21,4-14)9(19)7(30-12)3-29-34(25,26)32-35(27,28)31-33(22,23)24/h2,7,9,12,19,21H,3-4H2,1H3,(H,25,26)(H,27,28)(H,16,17,20)(H2,22,23,24)/t7-,9+,12-,13?/m1/s1. The number of hydrogen-bond acceptors (Lipinski definition) is 11. The van der Waals surface area contributed by atoms with Crippen molar-refractivity contribution in [3.05, 3.63) is 28.2 Å². The smallest absolute Gasteiger partial charge is 0.387 e. The number of halogens is 2. The van der Waals surface area contributed by atoms with Crippen molar-refractivity contribution < 1.29 is 70.1 Å². The van der Waals surface area contributed by atoms with E-state index in [1.54, 1.807) is 0 Å². The number of aryl methyl sites for hydroxylation is 1. The Balaban J connectivity index is 1.86. The van der Waals surface area contributed by atoms with Gasteiger partial charge in [-0.15, -0.1) is 0 Å². The number of alkyl halides is 1. The molecule has 0 aromatic carbocycles. The molecule has 3 unspecified atom stereocenters. The van der Waals surface area contributed by atoms with E-state index in [4.69, 9.17) is 19.4 Å². The van der Waals surface area contributed by atoms with Crippen LogP contribution in [-0.4, -0.2) is 75.4 Å². The Kier molecular flexibility index (Phi) is 7.61. The fourth-order valence-electron chi connectivity index (χ4n) is 3.28. The largest absolute Gasteiger partial charge is 0.490 e. The van der Waals surface area contributed by atoms with Gasteiger partial charge in [0.25, 0.3) is 5.56 Å². The van der Waals surface area contributed by atoms with E-state index in [1.165, 1.54) is 6.92 Å². The third kappa shape index (κ3) is 5.94. The topological polar surface area (TPSA) is 260 Å². The minimum absolute atomic E-state index is 0.00777. The van der Waals surface area contributed by atoms with Gasteiger partial charge in [-0.1, -0.05) is 0 Å². The van der Waals surface area contributed by atoms with Crippen molar-refractivity contribution in [3.8, 4) is 0 Å². The zero-order valence-corrected chi connectivity index (χ0v) is 19.8. The van der Waals surface area contributed by atoms with E-state index in [0.717, 1.165) is 0 Å². The lowest BCUT2D eigenvalue weighted by atomic mass is 9.95. The van der Waals surface area contributed by atoms with E-state index in [2.05, 4.69) is 23.1 Å². The molecule has 3 rings (SSSR count). The number of nitrogens with zero attached hydrogens (tertiary/aromatic N) is 2. The van der Waals surface area contributed by atoms with Crippen LogP contribution in [0.25, 0.3) is 11.0 Å². The maximum Gasteiger partial charge on any atom is 0.490 e. The normalized spacial score (nSPS) is 28.8. The molecular weight excluding hydrogens is 553 g/mol. The highest BCUT2D eigenvalue weighted by atomic mass is 31.3. The van der Waals surface area contributed by atoms with Gasteiger partial charge in [-0.3, -0.25) is 13.9 Å². The molecule has 1 saturated heterocycles. The van der Waals surface area contributed by atoms with E-state index in [1.807, 2.05) is 0 Å². The molecule has 0 bridgehead atoms. The molecule has 3 heterocycles. The number of ether oxygens (including phenoxy) is 1. The maximum atomic E-state index is 14.4. The highest BCUT2D eigenvalue weighted by Gasteiger charge is 2.57. The van der Waals surface area contributed by atoms with E-state index in [-0.39, 0.29) is 5.82 Å². The summed E-state index contributed by atoms with van der Waals surface area (Å²) in [5.41, 5.74) is -4.14. The van der Waals surface area contributed by atoms with Crippen LogP contribution in [-0.2, 0) is 31.6 Å². The Hall–Kier alpha value is -1.43. The Morgan fingerprint density at radius 3 is 2.43 bits per heavy atom. The van der Waals surface area contributed by atoms with Crippen LogP contribution in [0.4, 0.5) is 8.78 Å². The number of aromatic amines is 1. The SMILES string of the molecule is Cc1nc2c(c(F)cn2[C@@H]2O[C@H](COP(=O)(O)OP(=O)(O)OP(=O)(O)O)[C@H](O)C2(O)CF)c(=O)[nH]1. The molecule has 6 atom stereocenters. The fraction of sp³-hybridized carbons (Fsp3) is 0.538. The molecule has 0 aliphatic carbocycles. The van der Waals surface area contributed by atoms with E-state index < -0.39 is 83.2 Å². The molecule has 1 fully saturated rings. The molecule has 17 nitrogen and oxygen atoms in total. The van der Waals surface area contributed by atoms with Crippen LogP contribution >= 0.6 is 23.5 Å². The van der Waals surface area contributed by atoms with Gasteiger partial charge in [0.15, 0.2) is 23.3 Å². The minimum Gasteiger partial charge on any atom is -0.387 e. The van der Waals surface area contributed by atoms with E-state index in [9.17, 15) is 42.4 Å².